The van der Waals surface area contributed by atoms with Crippen LogP contribution in [-0.4, -0.2) is 36.9 Å². The minimum Gasteiger partial charge on any atom is -0.481 e. The molecule has 1 atom stereocenters. The lowest BCUT2D eigenvalue weighted by Gasteiger charge is -2.38. The van der Waals surface area contributed by atoms with E-state index in [9.17, 15) is 18.3 Å². The van der Waals surface area contributed by atoms with Gasteiger partial charge in [0.2, 0.25) is 10.0 Å². The van der Waals surface area contributed by atoms with Gasteiger partial charge in [-0.3, -0.25) is 4.79 Å². The lowest BCUT2D eigenvalue weighted by atomic mass is 9.78. The quantitative estimate of drug-likeness (QED) is 0.880. The predicted octanol–water partition coefficient (Wildman–Crippen LogP) is 3.32. The molecular weight excluding hydrogens is 357 g/mol. The molecule has 5 nitrogen and oxygen atoms in total. The Hall–Kier alpha value is -0.340. The van der Waals surface area contributed by atoms with Gasteiger partial charge < -0.3 is 5.11 Å². The van der Waals surface area contributed by atoms with E-state index in [1.54, 1.807) is 6.92 Å². The van der Waals surface area contributed by atoms with E-state index in [0.29, 0.717) is 25.8 Å². The van der Waals surface area contributed by atoms with Gasteiger partial charge in [0.05, 0.1) is 9.75 Å². The zero-order valence-corrected chi connectivity index (χ0v) is 14.4. The summed E-state index contributed by atoms with van der Waals surface area (Å²) in [7, 11) is -3.82. The average Bonchev–Trinajstić information content (AvgIpc) is 2.78. The van der Waals surface area contributed by atoms with Gasteiger partial charge in [-0.2, -0.15) is 4.31 Å². The van der Waals surface area contributed by atoms with Crippen LogP contribution in [0.15, 0.2) is 11.0 Å². The molecule has 1 unspecified atom stereocenters. The Kier molecular flexibility index (Phi) is 4.90. The summed E-state index contributed by atoms with van der Waals surface area (Å²) in [5.74, 6) is -0.959. The van der Waals surface area contributed by atoms with E-state index < -0.39 is 21.4 Å². The van der Waals surface area contributed by atoms with E-state index in [2.05, 4.69) is 0 Å². The van der Waals surface area contributed by atoms with Gasteiger partial charge >= 0.3 is 5.97 Å². The fourth-order valence-electron chi connectivity index (χ4n) is 2.55. The number of carboxylic acid groups (broad SMARTS) is 1. The Labute approximate surface area is 137 Å². The molecule has 0 bridgehead atoms. The predicted molar refractivity (Wildman–Crippen MR) is 82.7 cm³/mol. The molecule has 0 amide bonds. The molecule has 9 heteroatoms. The van der Waals surface area contributed by atoms with Crippen LogP contribution < -0.4 is 0 Å². The minimum atomic E-state index is -3.82. The van der Waals surface area contributed by atoms with Crippen LogP contribution in [0.5, 0.6) is 0 Å². The van der Waals surface area contributed by atoms with Gasteiger partial charge in [0.15, 0.2) is 0 Å². The van der Waals surface area contributed by atoms with Gasteiger partial charge in [0, 0.05) is 13.1 Å². The van der Waals surface area contributed by atoms with Gasteiger partial charge in [0.25, 0.3) is 0 Å². The molecule has 1 N–H and O–H groups in total. The van der Waals surface area contributed by atoms with Crippen LogP contribution in [-0.2, 0) is 14.8 Å². The van der Waals surface area contributed by atoms with E-state index in [1.807, 2.05) is 0 Å². The molecule has 0 radical (unpaired) electrons. The summed E-state index contributed by atoms with van der Waals surface area (Å²) < 4.78 is 26.9. The Morgan fingerprint density at radius 3 is 2.67 bits per heavy atom. The standard InChI is InChI=1S/C12H15Cl2NO4S2/c1-2-12(11(16)17)4-3-5-15(7-12)21(18,19)8-6-9(13)20-10(8)14/h6H,2-5,7H2,1H3,(H,16,17). The summed E-state index contributed by atoms with van der Waals surface area (Å²) in [6.45, 7) is 2.02. The molecule has 118 valence electrons. The van der Waals surface area contributed by atoms with Gasteiger partial charge in [0.1, 0.15) is 9.23 Å². The molecule has 1 aliphatic heterocycles. The maximum atomic E-state index is 12.6. The van der Waals surface area contributed by atoms with Crippen molar-refractivity contribution < 1.29 is 18.3 Å². The minimum absolute atomic E-state index is 0.0367. The number of piperidine rings is 1. The monoisotopic (exact) mass is 371 g/mol. The summed E-state index contributed by atoms with van der Waals surface area (Å²) in [5, 5.41) is 9.43. The maximum Gasteiger partial charge on any atom is 0.310 e. The number of aliphatic carboxylic acids is 1. The fraction of sp³-hybridized carbons (Fsp3) is 0.583. The third kappa shape index (κ3) is 3.07. The van der Waals surface area contributed by atoms with E-state index in [4.69, 9.17) is 23.2 Å². The smallest absolute Gasteiger partial charge is 0.310 e. The Bertz CT molecular complexity index is 658. The van der Waals surface area contributed by atoms with Crippen LogP contribution in [0.3, 0.4) is 0 Å². The molecule has 1 aliphatic rings. The van der Waals surface area contributed by atoms with Crippen LogP contribution in [0.2, 0.25) is 8.67 Å². The van der Waals surface area contributed by atoms with Gasteiger partial charge in [-0.25, -0.2) is 8.42 Å². The van der Waals surface area contributed by atoms with Crippen molar-refractivity contribution in [3.8, 4) is 0 Å². The van der Waals surface area contributed by atoms with Gasteiger partial charge in [-0.1, -0.05) is 30.1 Å². The number of carbonyl (C=O) groups is 1. The Morgan fingerprint density at radius 1 is 1.52 bits per heavy atom. The number of sulfonamides is 1. The Morgan fingerprint density at radius 2 is 2.19 bits per heavy atom. The molecule has 1 aromatic heterocycles. The number of carboxylic acids is 1. The van der Waals surface area contributed by atoms with Gasteiger partial charge in [-0.05, 0) is 25.3 Å². The number of nitrogens with zero attached hydrogens (tertiary/aromatic N) is 1. The molecule has 1 fully saturated rings. The second-order valence-corrected chi connectivity index (χ2v) is 9.26. The summed E-state index contributed by atoms with van der Waals surface area (Å²) in [6, 6.07) is 1.31. The second-order valence-electron chi connectivity index (χ2n) is 5.07. The van der Waals surface area contributed by atoms with E-state index in [-0.39, 0.29) is 20.1 Å². The number of rotatable bonds is 4. The number of hydrogen-bond acceptors (Lipinski definition) is 4. The topological polar surface area (TPSA) is 74.7 Å². The highest BCUT2D eigenvalue weighted by Gasteiger charge is 2.44. The van der Waals surface area contributed by atoms with Crippen molar-refractivity contribution in [2.75, 3.05) is 13.1 Å². The normalized spacial score (nSPS) is 24.1. The lowest BCUT2D eigenvalue weighted by Crippen LogP contribution is -2.49. The van der Waals surface area contributed by atoms with Crippen molar-refractivity contribution in [1.82, 2.24) is 4.31 Å². The number of thiophene rings is 1. The van der Waals surface area contributed by atoms with Crippen molar-refractivity contribution >= 4 is 50.5 Å². The van der Waals surface area contributed by atoms with E-state index in [1.165, 1.54) is 10.4 Å². The number of halogens is 2. The van der Waals surface area contributed by atoms with Crippen molar-refractivity contribution in [3.05, 3.63) is 14.7 Å². The molecule has 21 heavy (non-hydrogen) atoms. The van der Waals surface area contributed by atoms with Gasteiger partial charge in [-0.15, -0.1) is 11.3 Å². The molecule has 2 rings (SSSR count). The summed E-state index contributed by atoms with van der Waals surface area (Å²) in [4.78, 5) is 11.5. The first-order valence-corrected chi connectivity index (χ1v) is 9.42. The first-order chi connectivity index (χ1) is 9.73. The van der Waals surface area contributed by atoms with Crippen molar-refractivity contribution in [2.45, 2.75) is 31.1 Å². The lowest BCUT2D eigenvalue weighted by molar-refractivity contribution is -0.151. The number of hydrogen-bond donors (Lipinski definition) is 1. The largest absolute Gasteiger partial charge is 0.481 e. The van der Waals surface area contributed by atoms with Crippen molar-refractivity contribution in [2.24, 2.45) is 5.41 Å². The molecule has 1 saturated heterocycles. The summed E-state index contributed by atoms with van der Waals surface area (Å²) in [6.07, 6.45) is 1.37. The first kappa shape index (κ1) is 17.0. The van der Waals surface area contributed by atoms with E-state index >= 15 is 0 Å². The molecule has 0 aromatic carbocycles. The first-order valence-electron chi connectivity index (χ1n) is 6.41. The zero-order chi connectivity index (χ0) is 15.8. The van der Waals surface area contributed by atoms with Crippen LogP contribution in [0.1, 0.15) is 26.2 Å². The van der Waals surface area contributed by atoms with Crippen LogP contribution in [0.4, 0.5) is 0 Å². The van der Waals surface area contributed by atoms with Crippen LogP contribution >= 0.6 is 34.5 Å². The molecule has 2 heterocycles. The molecule has 0 saturated carbocycles. The Balaban J connectivity index is 2.37. The molecule has 0 aliphatic carbocycles. The molecule has 0 spiro atoms. The molecule has 1 aromatic rings. The SMILES string of the molecule is CCC1(C(=O)O)CCCN(S(=O)(=O)c2cc(Cl)sc2Cl)C1. The zero-order valence-electron chi connectivity index (χ0n) is 11.3. The highest BCUT2D eigenvalue weighted by molar-refractivity contribution is 7.89. The fourth-order valence-corrected chi connectivity index (χ4v) is 6.23. The summed E-state index contributed by atoms with van der Waals surface area (Å²) >= 11 is 12.7. The average molecular weight is 372 g/mol. The van der Waals surface area contributed by atoms with Crippen molar-refractivity contribution in [1.29, 1.82) is 0 Å². The third-order valence-corrected chi connectivity index (χ3v) is 7.51. The van der Waals surface area contributed by atoms with Crippen molar-refractivity contribution in [3.63, 3.8) is 0 Å². The van der Waals surface area contributed by atoms with Crippen LogP contribution in [0, 0.1) is 5.41 Å². The third-order valence-electron chi connectivity index (χ3n) is 3.92. The van der Waals surface area contributed by atoms with E-state index in [0.717, 1.165) is 11.3 Å². The highest BCUT2D eigenvalue weighted by Crippen LogP contribution is 2.40. The summed E-state index contributed by atoms with van der Waals surface area (Å²) in [5.41, 5.74) is -1.03. The second kappa shape index (κ2) is 6.04. The maximum absolute atomic E-state index is 12.6. The highest BCUT2D eigenvalue weighted by atomic mass is 35.5. The molecular formula is C12H15Cl2NO4S2. The van der Waals surface area contributed by atoms with Crippen LogP contribution in [0.25, 0.3) is 0 Å².